The number of aromatic nitrogens is 1. The number of alkyl halides is 3. The molecule has 0 bridgehead atoms. The van der Waals surface area contributed by atoms with Crippen LogP contribution < -0.4 is 10.9 Å². The Labute approximate surface area is 173 Å². The number of nitrogens with one attached hydrogen (secondary N) is 1. The molecule has 10 heteroatoms. The number of pyridine rings is 1. The molecular weight excluding hydrogens is 421 g/mol. The summed E-state index contributed by atoms with van der Waals surface area (Å²) in [7, 11) is -1.07. The van der Waals surface area contributed by atoms with Crippen LogP contribution in [0.1, 0.15) is 24.0 Å². The quantitative estimate of drug-likeness (QED) is 0.746. The van der Waals surface area contributed by atoms with Gasteiger partial charge in [-0.1, -0.05) is 12.1 Å². The number of ether oxygens (including phenoxy) is 1. The molecule has 1 aliphatic heterocycles. The summed E-state index contributed by atoms with van der Waals surface area (Å²) in [6.45, 7) is 0.643. The van der Waals surface area contributed by atoms with Gasteiger partial charge < -0.3 is 14.6 Å². The molecule has 0 saturated carbocycles. The van der Waals surface area contributed by atoms with Gasteiger partial charge in [0.25, 0.3) is 5.56 Å². The number of amides is 1. The van der Waals surface area contributed by atoms with E-state index in [9.17, 15) is 27.0 Å². The highest BCUT2D eigenvalue weighted by Crippen LogP contribution is 2.28. The standard InChI is InChI=1S/C20H21F3N2O4S/c21-20(22,23)15-4-5-19(27)25(11-15)12-18(26)24-16-3-1-2-14(10-16)13-30(28)17-6-8-29-9-7-17/h1-5,10-11,17H,6-9,12-13H2,(H,24,26). The number of anilines is 1. The summed E-state index contributed by atoms with van der Waals surface area (Å²) in [4.78, 5) is 24.0. The zero-order chi connectivity index (χ0) is 21.7. The molecule has 1 aromatic heterocycles. The van der Waals surface area contributed by atoms with Crippen LogP contribution in [0.5, 0.6) is 0 Å². The monoisotopic (exact) mass is 442 g/mol. The molecule has 1 N–H and O–H groups in total. The second-order valence-corrected chi connectivity index (χ2v) is 8.68. The Morgan fingerprint density at radius 3 is 2.63 bits per heavy atom. The van der Waals surface area contributed by atoms with E-state index in [-0.39, 0.29) is 5.25 Å². The maximum Gasteiger partial charge on any atom is 0.417 e. The fraction of sp³-hybridized carbons (Fsp3) is 0.400. The number of hydrogen-bond acceptors (Lipinski definition) is 4. The van der Waals surface area contributed by atoms with Crippen LogP contribution >= 0.6 is 0 Å². The Morgan fingerprint density at radius 2 is 1.93 bits per heavy atom. The van der Waals surface area contributed by atoms with E-state index < -0.39 is 40.6 Å². The highest BCUT2D eigenvalue weighted by atomic mass is 32.2. The number of carbonyl (C=O) groups excluding carboxylic acids is 1. The summed E-state index contributed by atoms with van der Waals surface area (Å²) in [5, 5.41) is 2.64. The van der Waals surface area contributed by atoms with E-state index in [4.69, 9.17) is 4.74 Å². The molecule has 162 valence electrons. The zero-order valence-electron chi connectivity index (χ0n) is 16.0. The van der Waals surface area contributed by atoms with Crippen LogP contribution in [0.15, 0.2) is 47.4 Å². The number of nitrogens with zero attached hydrogens (tertiary/aromatic N) is 1. The summed E-state index contributed by atoms with van der Waals surface area (Å²) in [5.74, 6) is -0.305. The third-order valence-corrected chi connectivity index (χ3v) is 6.52. The van der Waals surface area contributed by atoms with Crippen LogP contribution in [0.4, 0.5) is 18.9 Å². The van der Waals surface area contributed by atoms with Crippen LogP contribution in [0.25, 0.3) is 0 Å². The third-order valence-electron chi connectivity index (χ3n) is 4.68. The minimum atomic E-state index is -4.61. The van der Waals surface area contributed by atoms with E-state index in [1.165, 1.54) is 0 Å². The SMILES string of the molecule is O=C(Cn1cc(C(F)(F)F)ccc1=O)Nc1cccc(CS(=O)C2CCOCC2)c1. The van der Waals surface area contributed by atoms with Gasteiger partial charge in [-0.15, -0.1) is 0 Å². The van der Waals surface area contributed by atoms with E-state index >= 15 is 0 Å². The smallest absolute Gasteiger partial charge is 0.381 e. The van der Waals surface area contributed by atoms with Crippen molar-refractivity contribution in [2.24, 2.45) is 0 Å². The van der Waals surface area contributed by atoms with E-state index in [0.29, 0.717) is 41.5 Å². The molecule has 1 aromatic carbocycles. The van der Waals surface area contributed by atoms with Gasteiger partial charge in [-0.25, -0.2) is 0 Å². The third kappa shape index (κ3) is 6.02. The van der Waals surface area contributed by atoms with Gasteiger partial charge in [0.05, 0.1) is 5.56 Å². The van der Waals surface area contributed by atoms with Crippen molar-refractivity contribution >= 4 is 22.4 Å². The van der Waals surface area contributed by atoms with Crippen LogP contribution in [0.3, 0.4) is 0 Å². The lowest BCUT2D eigenvalue weighted by Gasteiger charge is -2.21. The summed E-state index contributed by atoms with van der Waals surface area (Å²) in [6, 6.07) is 8.24. The van der Waals surface area contributed by atoms with Crippen LogP contribution in [-0.4, -0.2) is 33.1 Å². The fourth-order valence-electron chi connectivity index (χ4n) is 3.14. The molecule has 3 rings (SSSR count). The van der Waals surface area contributed by atoms with Gasteiger partial charge in [0.1, 0.15) is 6.54 Å². The zero-order valence-corrected chi connectivity index (χ0v) is 16.8. The average molecular weight is 442 g/mol. The predicted octanol–water partition coefficient (Wildman–Crippen LogP) is 2.93. The Kier molecular flexibility index (Phi) is 7.09. The van der Waals surface area contributed by atoms with Crippen LogP contribution in [0.2, 0.25) is 0 Å². The highest BCUT2D eigenvalue weighted by molar-refractivity contribution is 7.84. The van der Waals surface area contributed by atoms with Gasteiger partial charge in [-0.2, -0.15) is 13.2 Å². The molecule has 0 aliphatic carbocycles. The second kappa shape index (κ2) is 9.57. The van der Waals surface area contributed by atoms with Crippen molar-refractivity contribution < 1.29 is 26.9 Å². The molecule has 2 heterocycles. The molecule has 2 aromatic rings. The topological polar surface area (TPSA) is 77.4 Å². The molecule has 0 radical (unpaired) electrons. The Hall–Kier alpha value is -2.46. The Balaban J connectivity index is 1.64. The second-order valence-electron chi connectivity index (χ2n) is 6.97. The highest BCUT2D eigenvalue weighted by Gasteiger charge is 2.31. The lowest BCUT2D eigenvalue weighted by molar-refractivity contribution is -0.138. The summed E-state index contributed by atoms with van der Waals surface area (Å²) >= 11 is 0. The van der Waals surface area contributed by atoms with Gasteiger partial charge in [-0.05, 0) is 36.6 Å². The molecule has 0 spiro atoms. The first kappa shape index (κ1) is 22.2. The van der Waals surface area contributed by atoms with Gasteiger partial charge in [-0.3, -0.25) is 13.8 Å². The molecule has 1 unspecified atom stereocenters. The largest absolute Gasteiger partial charge is 0.417 e. The van der Waals surface area contributed by atoms with E-state index in [1.54, 1.807) is 24.3 Å². The predicted molar refractivity (Wildman–Crippen MR) is 106 cm³/mol. The first-order valence-electron chi connectivity index (χ1n) is 9.34. The van der Waals surface area contributed by atoms with Crippen LogP contribution in [-0.2, 0) is 38.8 Å². The minimum Gasteiger partial charge on any atom is -0.381 e. The van der Waals surface area contributed by atoms with Gasteiger partial charge in [0.2, 0.25) is 5.91 Å². The summed E-state index contributed by atoms with van der Waals surface area (Å²) in [6.07, 6.45) is -2.50. The molecule has 1 fully saturated rings. The van der Waals surface area contributed by atoms with Crippen molar-refractivity contribution in [2.45, 2.75) is 36.6 Å². The van der Waals surface area contributed by atoms with Gasteiger partial charge in [0, 0.05) is 53.0 Å². The summed E-state index contributed by atoms with van der Waals surface area (Å²) < 4.78 is 57.0. The molecule has 1 aliphatic rings. The van der Waals surface area contributed by atoms with E-state index in [0.717, 1.165) is 24.5 Å². The minimum absolute atomic E-state index is 0.0739. The first-order chi connectivity index (χ1) is 14.2. The molecule has 30 heavy (non-hydrogen) atoms. The average Bonchev–Trinajstić information content (AvgIpc) is 2.69. The van der Waals surface area contributed by atoms with Gasteiger partial charge in [0.15, 0.2) is 0 Å². The molecule has 6 nitrogen and oxygen atoms in total. The number of rotatable bonds is 6. The van der Waals surface area contributed by atoms with Crippen molar-refractivity contribution in [3.05, 3.63) is 64.1 Å². The van der Waals surface area contributed by atoms with Crippen molar-refractivity contribution in [3.63, 3.8) is 0 Å². The molecule has 1 amide bonds. The van der Waals surface area contributed by atoms with E-state index in [1.807, 2.05) is 0 Å². The lowest BCUT2D eigenvalue weighted by Crippen LogP contribution is -2.28. The normalized spacial score (nSPS) is 16.2. The van der Waals surface area contributed by atoms with E-state index in [2.05, 4.69) is 5.32 Å². The lowest BCUT2D eigenvalue weighted by atomic mass is 10.2. The van der Waals surface area contributed by atoms with Crippen molar-refractivity contribution in [3.8, 4) is 0 Å². The van der Waals surface area contributed by atoms with Crippen molar-refractivity contribution in [1.82, 2.24) is 4.57 Å². The maximum atomic E-state index is 12.8. The van der Waals surface area contributed by atoms with Crippen molar-refractivity contribution in [1.29, 1.82) is 0 Å². The maximum absolute atomic E-state index is 12.8. The summed E-state index contributed by atoms with van der Waals surface area (Å²) in [5.41, 5.74) is -0.526. The number of halogens is 3. The Bertz CT molecular complexity index is 985. The number of benzene rings is 1. The fourth-order valence-corrected chi connectivity index (χ4v) is 4.60. The number of hydrogen-bond donors (Lipinski definition) is 1. The molecule has 1 saturated heterocycles. The van der Waals surface area contributed by atoms with Crippen molar-refractivity contribution in [2.75, 3.05) is 18.5 Å². The molecule has 1 atom stereocenters. The van der Waals surface area contributed by atoms with Crippen LogP contribution in [0, 0.1) is 0 Å². The Morgan fingerprint density at radius 1 is 1.20 bits per heavy atom. The molecular formula is C20H21F3N2O4S. The first-order valence-corrected chi connectivity index (χ1v) is 10.7. The van der Waals surface area contributed by atoms with Gasteiger partial charge >= 0.3 is 6.18 Å². The number of carbonyl (C=O) groups is 1.